The van der Waals surface area contributed by atoms with Crippen LogP contribution in [0, 0.1) is 5.41 Å². The predicted octanol–water partition coefficient (Wildman–Crippen LogP) is 0.858. The molecule has 2 fully saturated rings. The molecule has 0 saturated carbocycles. The fraction of sp³-hybridized carbons (Fsp3) is 0.867. The van der Waals surface area contributed by atoms with Gasteiger partial charge in [-0.15, -0.1) is 0 Å². The predicted molar refractivity (Wildman–Crippen MR) is 78.0 cm³/mol. The van der Waals surface area contributed by atoms with E-state index >= 15 is 0 Å². The van der Waals surface area contributed by atoms with Crippen LogP contribution < -0.4 is 5.32 Å². The molecule has 2 saturated heterocycles. The number of carboxylic acid groups (broad SMARTS) is 1. The maximum absolute atomic E-state index is 12.8. The number of rotatable bonds is 5. The topological polar surface area (TPSA) is 78.9 Å². The summed E-state index contributed by atoms with van der Waals surface area (Å²) < 4.78 is 5.32. The molecule has 2 N–H and O–H groups in total. The van der Waals surface area contributed by atoms with Gasteiger partial charge in [0.05, 0.1) is 11.5 Å². The number of hydrogen-bond acceptors (Lipinski definition) is 4. The lowest BCUT2D eigenvalue weighted by atomic mass is 9.75. The van der Waals surface area contributed by atoms with Gasteiger partial charge in [0.2, 0.25) is 5.91 Å². The van der Waals surface area contributed by atoms with Crippen LogP contribution in [0.2, 0.25) is 0 Å². The van der Waals surface area contributed by atoms with Gasteiger partial charge in [0.15, 0.2) is 0 Å². The van der Waals surface area contributed by atoms with Gasteiger partial charge in [0.1, 0.15) is 6.61 Å². The second kappa shape index (κ2) is 7.22. The van der Waals surface area contributed by atoms with Gasteiger partial charge in [0, 0.05) is 13.1 Å². The summed E-state index contributed by atoms with van der Waals surface area (Å²) in [5, 5.41) is 11.9. The molecule has 0 aromatic heterocycles. The number of amides is 1. The molecule has 0 aromatic carbocycles. The molecule has 0 aromatic rings. The third kappa shape index (κ3) is 3.95. The van der Waals surface area contributed by atoms with E-state index in [-0.39, 0.29) is 24.0 Å². The molecule has 0 atom stereocenters. The molecule has 1 amide bonds. The van der Waals surface area contributed by atoms with Gasteiger partial charge in [-0.3, -0.25) is 4.79 Å². The van der Waals surface area contributed by atoms with Crippen molar-refractivity contribution < 1.29 is 19.4 Å². The van der Waals surface area contributed by atoms with Crippen molar-refractivity contribution >= 4 is 11.9 Å². The van der Waals surface area contributed by atoms with Crippen molar-refractivity contribution in [2.24, 2.45) is 5.41 Å². The highest BCUT2D eigenvalue weighted by atomic mass is 16.5. The van der Waals surface area contributed by atoms with Crippen molar-refractivity contribution in [3.05, 3.63) is 0 Å². The number of likely N-dealkylation sites (tertiary alicyclic amines) is 1. The van der Waals surface area contributed by atoms with Gasteiger partial charge in [-0.05, 0) is 45.2 Å². The van der Waals surface area contributed by atoms with Crippen molar-refractivity contribution in [1.29, 1.82) is 0 Å². The molecule has 2 aliphatic rings. The number of nitrogens with zero attached hydrogens (tertiary/aromatic N) is 1. The van der Waals surface area contributed by atoms with E-state index in [1.54, 1.807) is 0 Å². The summed E-state index contributed by atoms with van der Waals surface area (Å²) >= 11 is 0. The first-order valence-electron chi connectivity index (χ1n) is 7.91. The normalized spacial score (nSPS) is 23.0. The van der Waals surface area contributed by atoms with E-state index in [1.807, 2.05) is 4.90 Å². The highest BCUT2D eigenvalue weighted by Gasteiger charge is 2.41. The monoisotopic (exact) mass is 298 g/mol. The SMILES string of the molecule is CCC1(C(=O)N2CCC(OCC(=O)O)CC2)CCNCC1. The van der Waals surface area contributed by atoms with Crippen LogP contribution in [-0.2, 0) is 14.3 Å². The Labute approximate surface area is 125 Å². The fourth-order valence-corrected chi connectivity index (χ4v) is 3.37. The molecule has 6 nitrogen and oxygen atoms in total. The smallest absolute Gasteiger partial charge is 0.329 e. The Morgan fingerprint density at radius 1 is 1.29 bits per heavy atom. The molecule has 120 valence electrons. The van der Waals surface area contributed by atoms with Gasteiger partial charge in [0.25, 0.3) is 0 Å². The number of nitrogens with one attached hydrogen (secondary N) is 1. The van der Waals surface area contributed by atoms with E-state index in [1.165, 1.54) is 0 Å². The molecule has 2 rings (SSSR count). The maximum Gasteiger partial charge on any atom is 0.329 e. The van der Waals surface area contributed by atoms with Crippen LogP contribution in [0.3, 0.4) is 0 Å². The lowest BCUT2D eigenvalue weighted by Crippen LogP contribution is -2.51. The van der Waals surface area contributed by atoms with Crippen LogP contribution >= 0.6 is 0 Å². The molecule has 0 aliphatic carbocycles. The molecule has 2 aliphatic heterocycles. The Kier molecular flexibility index (Phi) is 5.58. The number of hydrogen-bond donors (Lipinski definition) is 2. The molecular weight excluding hydrogens is 272 g/mol. The first-order valence-corrected chi connectivity index (χ1v) is 7.91. The molecule has 0 unspecified atom stereocenters. The summed E-state index contributed by atoms with van der Waals surface area (Å²) in [5.74, 6) is -0.656. The van der Waals surface area contributed by atoms with E-state index in [9.17, 15) is 9.59 Å². The van der Waals surface area contributed by atoms with Crippen molar-refractivity contribution in [3.8, 4) is 0 Å². The van der Waals surface area contributed by atoms with Gasteiger partial charge in [-0.2, -0.15) is 0 Å². The summed E-state index contributed by atoms with van der Waals surface area (Å²) in [4.78, 5) is 25.3. The van der Waals surface area contributed by atoms with Gasteiger partial charge >= 0.3 is 5.97 Å². The number of aliphatic carboxylic acids is 1. The molecular formula is C15H26N2O4. The largest absolute Gasteiger partial charge is 0.480 e. The van der Waals surface area contributed by atoms with Gasteiger partial charge < -0.3 is 20.1 Å². The number of carbonyl (C=O) groups excluding carboxylic acids is 1. The number of piperidine rings is 2. The van der Waals surface area contributed by atoms with E-state index in [0.717, 1.165) is 45.2 Å². The maximum atomic E-state index is 12.8. The molecule has 21 heavy (non-hydrogen) atoms. The second-order valence-corrected chi connectivity index (χ2v) is 6.08. The van der Waals surface area contributed by atoms with Crippen LogP contribution in [0.1, 0.15) is 39.0 Å². The van der Waals surface area contributed by atoms with Crippen molar-refractivity contribution in [2.75, 3.05) is 32.8 Å². The van der Waals surface area contributed by atoms with E-state index < -0.39 is 5.97 Å². The van der Waals surface area contributed by atoms with Crippen LogP contribution in [-0.4, -0.2) is 60.8 Å². The highest BCUT2D eigenvalue weighted by molar-refractivity contribution is 5.83. The van der Waals surface area contributed by atoms with Crippen molar-refractivity contribution in [2.45, 2.75) is 45.1 Å². The molecule has 0 spiro atoms. The van der Waals surface area contributed by atoms with E-state index in [0.29, 0.717) is 13.1 Å². The third-order valence-electron chi connectivity index (χ3n) is 4.86. The van der Waals surface area contributed by atoms with Gasteiger partial charge in [-0.25, -0.2) is 4.79 Å². The van der Waals surface area contributed by atoms with Crippen molar-refractivity contribution in [1.82, 2.24) is 10.2 Å². The first-order chi connectivity index (χ1) is 10.1. The van der Waals surface area contributed by atoms with E-state index in [4.69, 9.17) is 9.84 Å². The quantitative estimate of drug-likeness (QED) is 0.787. The summed E-state index contributed by atoms with van der Waals surface area (Å²) in [5.41, 5.74) is -0.194. The van der Waals surface area contributed by atoms with Crippen LogP contribution in [0.5, 0.6) is 0 Å². The molecule has 2 heterocycles. The average Bonchev–Trinajstić information content (AvgIpc) is 2.53. The van der Waals surface area contributed by atoms with Gasteiger partial charge in [-0.1, -0.05) is 6.92 Å². The Hall–Kier alpha value is -1.14. The minimum atomic E-state index is -0.937. The Morgan fingerprint density at radius 3 is 2.43 bits per heavy atom. The Balaban J connectivity index is 1.86. The Bertz CT molecular complexity index is 372. The summed E-state index contributed by atoms with van der Waals surface area (Å²) in [6.45, 7) is 5.04. The fourth-order valence-electron chi connectivity index (χ4n) is 3.37. The number of ether oxygens (including phenoxy) is 1. The molecule has 0 bridgehead atoms. The lowest BCUT2D eigenvalue weighted by molar-refractivity contribution is -0.151. The molecule has 6 heteroatoms. The summed E-state index contributed by atoms with van der Waals surface area (Å²) in [6, 6.07) is 0. The highest BCUT2D eigenvalue weighted by Crippen LogP contribution is 2.35. The van der Waals surface area contributed by atoms with E-state index in [2.05, 4.69) is 12.2 Å². The van der Waals surface area contributed by atoms with Crippen molar-refractivity contribution in [3.63, 3.8) is 0 Å². The van der Waals surface area contributed by atoms with Crippen LogP contribution in [0.15, 0.2) is 0 Å². The third-order valence-corrected chi connectivity index (χ3v) is 4.86. The first kappa shape index (κ1) is 16.2. The summed E-state index contributed by atoms with van der Waals surface area (Å²) in [7, 11) is 0. The lowest BCUT2D eigenvalue weighted by Gasteiger charge is -2.41. The van der Waals surface area contributed by atoms with Crippen LogP contribution in [0.4, 0.5) is 0 Å². The van der Waals surface area contributed by atoms with Crippen LogP contribution in [0.25, 0.3) is 0 Å². The zero-order valence-corrected chi connectivity index (χ0v) is 12.8. The average molecular weight is 298 g/mol. The second-order valence-electron chi connectivity index (χ2n) is 6.08. The minimum Gasteiger partial charge on any atom is -0.480 e. The number of carbonyl (C=O) groups is 2. The standard InChI is InChI=1S/C15H26N2O4/c1-2-15(5-7-16-8-6-15)14(20)17-9-3-12(4-10-17)21-11-13(18)19/h12,16H,2-11H2,1H3,(H,18,19). The zero-order valence-electron chi connectivity index (χ0n) is 12.8. The molecule has 0 radical (unpaired) electrons. The zero-order chi connectivity index (χ0) is 15.3. The Morgan fingerprint density at radius 2 is 1.90 bits per heavy atom. The number of carboxylic acids is 1. The minimum absolute atomic E-state index is 0.0317. The summed E-state index contributed by atoms with van der Waals surface area (Å²) in [6.07, 6.45) is 4.16.